The van der Waals surface area contributed by atoms with Crippen molar-refractivity contribution in [2.45, 2.75) is 32.5 Å². The predicted molar refractivity (Wildman–Crippen MR) is 71.7 cm³/mol. The van der Waals surface area contributed by atoms with Crippen LogP contribution in [0.1, 0.15) is 25.0 Å². The Morgan fingerprint density at radius 3 is 2.78 bits per heavy atom. The van der Waals surface area contributed by atoms with E-state index in [9.17, 15) is 5.11 Å². The number of halogens is 1. The summed E-state index contributed by atoms with van der Waals surface area (Å²) >= 11 is 0. The molecule has 0 unspecified atom stereocenters. The standard InChI is InChI=1S/C13H19NO3.ClH/c1-13(2,9-15)14(3)7-10-4-5-11-8-16-17-12(11)6-10;/h4-6,15H,7-9H2,1-3H3;1H. The number of aliphatic hydroxyl groups is 1. The van der Waals surface area contributed by atoms with Gasteiger partial charge in [-0.2, -0.15) is 4.89 Å². The second-order valence-electron chi connectivity index (χ2n) is 5.11. The van der Waals surface area contributed by atoms with E-state index in [4.69, 9.17) is 9.78 Å². The first-order valence-corrected chi connectivity index (χ1v) is 5.76. The Morgan fingerprint density at radius 1 is 1.39 bits per heavy atom. The molecule has 0 fully saturated rings. The molecule has 1 heterocycles. The van der Waals surface area contributed by atoms with Crippen molar-refractivity contribution in [3.05, 3.63) is 29.3 Å². The molecule has 5 heteroatoms. The van der Waals surface area contributed by atoms with Gasteiger partial charge in [0.15, 0.2) is 5.75 Å². The van der Waals surface area contributed by atoms with Gasteiger partial charge in [0, 0.05) is 17.6 Å². The van der Waals surface area contributed by atoms with Gasteiger partial charge < -0.3 is 9.99 Å². The van der Waals surface area contributed by atoms with Gasteiger partial charge in [0.2, 0.25) is 0 Å². The van der Waals surface area contributed by atoms with Crippen LogP contribution in [0.5, 0.6) is 5.75 Å². The summed E-state index contributed by atoms with van der Waals surface area (Å²) in [5, 5.41) is 9.31. The molecule has 4 nitrogen and oxygen atoms in total. The van der Waals surface area contributed by atoms with Crippen molar-refractivity contribution >= 4 is 12.4 Å². The quantitative estimate of drug-likeness (QED) is 0.854. The molecule has 0 saturated heterocycles. The normalized spacial score (nSPS) is 14.1. The number of hydrogen-bond acceptors (Lipinski definition) is 4. The van der Waals surface area contributed by atoms with Crippen molar-refractivity contribution in [2.24, 2.45) is 0 Å². The van der Waals surface area contributed by atoms with Crippen LogP contribution in [-0.2, 0) is 18.0 Å². The summed E-state index contributed by atoms with van der Waals surface area (Å²) < 4.78 is 0. The second kappa shape index (κ2) is 5.89. The van der Waals surface area contributed by atoms with E-state index in [1.165, 1.54) is 0 Å². The summed E-state index contributed by atoms with van der Waals surface area (Å²) in [7, 11) is 2.00. The first-order chi connectivity index (χ1) is 8.03. The van der Waals surface area contributed by atoms with Crippen molar-refractivity contribution in [1.29, 1.82) is 0 Å². The zero-order chi connectivity index (χ0) is 12.5. The maximum Gasteiger partial charge on any atom is 0.171 e. The Balaban J connectivity index is 0.00000162. The van der Waals surface area contributed by atoms with Gasteiger partial charge in [-0.15, -0.1) is 12.4 Å². The molecule has 1 aromatic carbocycles. The Kier molecular flexibility index (Phi) is 4.99. The monoisotopic (exact) mass is 273 g/mol. The zero-order valence-corrected chi connectivity index (χ0v) is 11.8. The highest BCUT2D eigenvalue weighted by molar-refractivity contribution is 5.85. The fraction of sp³-hybridized carbons (Fsp3) is 0.538. The molecule has 1 N–H and O–H groups in total. The first kappa shape index (κ1) is 15.2. The highest BCUT2D eigenvalue weighted by atomic mass is 35.5. The summed E-state index contributed by atoms with van der Waals surface area (Å²) in [4.78, 5) is 12.1. The van der Waals surface area contributed by atoms with Crippen molar-refractivity contribution in [3.8, 4) is 5.75 Å². The van der Waals surface area contributed by atoms with Gasteiger partial charge in [-0.1, -0.05) is 12.1 Å². The number of nitrogens with zero attached hydrogens (tertiary/aromatic N) is 1. The number of rotatable bonds is 4. The van der Waals surface area contributed by atoms with Crippen molar-refractivity contribution in [3.63, 3.8) is 0 Å². The molecule has 0 amide bonds. The van der Waals surface area contributed by atoms with Gasteiger partial charge in [-0.25, -0.2) is 0 Å². The van der Waals surface area contributed by atoms with Gasteiger partial charge in [0.1, 0.15) is 6.61 Å². The lowest BCUT2D eigenvalue weighted by Gasteiger charge is -2.33. The molecule has 2 rings (SSSR count). The molecular formula is C13H20ClNO3. The molecule has 0 bridgehead atoms. The predicted octanol–water partition coefficient (Wildman–Crippen LogP) is 2.14. The zero-order valence-electron chi connectivity index (χ0n) is 11.0. The molecule has 0 radical (unpaired) electrons. The highest BCUT2D eigenvalue weighted by Crippen LogP contribution is 2.28. The van der Waals surface area contributed by atoms with E-state index in [1.54, 1.807) is 0 Å². The molecule has 0 spiro atoms. The van der Waals surface area contributed by atoms with Gasteiger partial charge in [0.05, 0.1) is 6.61 Å². The number of fused-ring (bicyclic) bond motifs is 1. The number of benzene rings is 1. The van der Waals surface area contributed by atoms with Crippen molar-refractivity contribution in [2.75, 3.05) is 13.7 Å². The Bertz CT molecular complexity index is 409. The molecule has 18 heavy (non-hydrogen) atoms. The van der Waals surface area contributed by atoms with Crippen LogP contribution < -0.4 is 4.89 Å². The van der Waals surface area contributed by atoms with E-state index >= 15 is 0 Å². The van der Waals surface area contributed by atoms with Crippen LogP contribution in [0, 0.1) is 0 Å². The molecule has 0 atom stereocenters. The third-order valence-corrected chi connectivity index (χ3v) is 3.33. The van der Waals surface area contributed by atoms with E-state index in [2.05, 4.69) is 11.0 Å². The molecule has 0 aromatic heterocycles. The molecule has 0 saturated carbocycles. The third kappa shape index (κ3) is 3.14. The molecular weight excluding hydrogens is 254 g/mol. The van der Waals surface area contributed by atoms with Crippen LogP contribution in [0.2, 0.25) is 0 Å². The Hall–Kier alpha value is -0.810. The minimum Gasteiger partial charge on any atom is -0.394 e. The number of aliphatic hydroxyl groups excluding tert-OH is 1. The van der Waals surface area contributed by atoms with Crippen LogP contribution in [0.15, 0.2) is 18.2 Å². The fourth-order valence-corrected chi connectivity index (χ4v) is 1.66. The number of likely N-dealkylation sites (N-methyl/N-ethyl adjacent to an activating group) is 1. The Morgan fingerprint density at radius 2 is 2.11 bits per heavy atom. The second-order valence-corrected chi connectivity index (χ2v) is 5.11. The van der Waals surface area contributed by atoms with Crippen LogP contribution >= 0.6 is 12.4 Å². The lowest BCUT2D eigenvalue weighted by Crippen LogP contribution is -2.43. The summed E-state index contributed by atoms with van der Waals surface area (Å²) in [5.74, 6) is 0.803. The highest BCUT2D eigenvalue weighted by Gasteiger charge is 2.23. The topological polar surface area (TPSA) is 41.9 Å². The largest absolute Gasteiger partial charge is 0.394 e. The molecule has 1 aliphatic rings. The smallest absolute Gasteiger partial charge is 0.171 e. The van der Waals surface area contributed by atoms with Crippen molar-refractivity contribution in [1.82, 2.24) is 4.90 Å². The maximum absolute atomic E-state index is 9.31. The van der Waals surface area contributed by atoms with Crippen LogP contribution in [0.25, 0.3) is 0 Å². The van der Waals surface area contributed by atoms with Crippen molar-refractivity contribution < 1.29 is 14.9 Å². The average Bonchev–Trinajstić information content (AvgIpc) is 2.76. The molecule has 1 aliphatic heterocycles. The van der Waals surface area contributed by atoms with E-state index in [-0.39, 0.29) is 24.6 Å². The van der Waals surface area contributed by atoms with Crippen LogP contribution in [-0.4, -0.2) is 29.2 Å². The summed E-state index contributed by atoms with van der Waals surface area (Å²) in [6.45, 7) is 5.45. The minimum atomic E-state index is -0.226. The lowest BCUT2D eigenvalue weighted by atomic mass is 10.0. The van der Waals surface area contributed by atoms with E-state index in [0.717, 1.165) is 23.4 Å². The lowest BCUT2D eigenvalue weighted by molar-refractivity contribution is -0.194. The summed E-state index contributed by atoms with van der Waals surface area (Å²) in [6.07, 6.45) is 0. The van der Waals surface area contributed by atoms with E-state index < -0.39 is 0 Å². The molecule has 0 aliphatic carbocycles. The van der Waals surface area contributed by atoms with Crippen LogP contribution in [0.4, 0.5) is 0 Å². The summed E-state index contributed by atoms with van der Waals surface area (Å²) in [6, 6.07) is 6.09. The summed E-state index contributed by atoms with van der Waals surface area (Å²) in [5.41, 5.74) is 2.01. The molecule has 1 aromatic rings. The minimum absolute atomic E-state index is 0. The average molecular weight is 274 g/mol. The van der Waals surface area contributed by atoms with E-state index in [0.29, 0.717) is 6.61 Å². The SMILES string of the molecule is CN(Cc1ccc2c(c1)OOC2)C(C)(C)CO.Cl. The first-order valence-electron chi connectivity index (χ1n) is 5.76. The van der Waals surface area contributed by atoms with Gasteiger partial charge >= 0.3 is 0 Å². The van der Waals surface area contributed by atoms with Gasteiger partial charge in [-0.3, -0.25) is 4.90 Å². The fourth-order valence-electron chi connectivity index (χ4n) is 1.66. The Labute approximate surface area is 114 Å². The maximum atomic E-state index is 9.31. The van der Waals surface area contributed by atoms with Gasteiger partial charge in [0.25, 0.3) is 0 Å². The molecule has 102 valence electrons. The third-order valence-electron chi connectivity index (χ3n) is 3.33. The van der Waals surface area contributed by atoms with E-state index in [1.807, 2.05) is 33.0 Å². The van der Waals surface area contributed by atoms with Gasteiger partial charge in [-0.05, 0) is 32.5 Å². The number of hydrogen-bond donors (Lipinski definition) is 1. The van der Waals surface area contributed by atoms with Crippen LogP contribution in [0.3, 0.4) is 0 Å².